The van der Waals surface area contributed by atoms with E-state index in [1.165, 1.54) is 94.1 Å². The zero-order valence-electron chi connectivity index (χ0n) is 37.9. The summed E-state index contributed by atoms with van der Waals surface area (Å²) in [6, 6.07) is 76.1. The first-order chi connectivity index (χ1) is 32.7. The highest BCUT2D eigenvalue weighted by atomic mass is 16.3. The van der Waals surface area contributed by atoms with Crippen LogP contribution >= 0.6 is 0 Å². The molecule has 67 heavy (non-hydrogen) atoms. The van der Waals surface area contributed by atoms with Crippen molar-refractivity contribution in [3.63, 3.8) is 0 Å². The Balaban J connectivity index is 0.857. The van der Waals surface area contributed by atoms with Gasteiger partial charge in [-0.25, -0.2) is 0 Å². The molecule has 0 spiro atoms. The van der Waals surface area contributed by atoms with Crippen molar-refractivity contribution in [2.24, 2.45) is 0 Å². The lowest BCUT2D eigenvalue weighted by atomic mass is 9.79. The smallest absolute Gasteiger partial charge is 0.159 e. The largest absolute Gasteiger partial charge is 0.454 e. The normalized spacial score (nSPS) is 14.2. The van der Waals surface area contributed by atoms with Crippen LogP contribution in [0.25, 0.3) is 93.6 Å². The summed E-state index contributed by atoms with van der Waals surface area (Å²) >= 11 is 0. The third kappa shape index (κ3) is 5.34. The van der Waals surface area contributed by atoms with Gasteiger partial charge in [0.2, 0.25) is 0 Å². The van der Waals surface area contributed by atoms with Crippen LogP contribution in [0.3, 0.4) is 0 Å². The molecule has 14 rings (SSSR count). The number of fused-ring (bicyclic) bond motifs is 13. The van der Waals surface area contributed by atoms with Crippen molar-refractivity contribution in [2.75, 3.05) is 4.90 Å². The SMILES string of the molecule is CC1(C)c2cc(-c3ccc4c(c3)c3ccccc3n4-c3cccc4c3oc3ccccc34)ccc2-c2cc3c(cc21)-c1ccc(N(c2ccccc2)c2cccc4ccccc24)cc1C3(C)C. The summed E-state index contributed by atoms with van der Waals surface area (Å²) in [6.45, 7) is 9.64. The van der Waals surface area contributed by atoms with Gasteiger partial charge in [-0.3, -0.25) is 0 Å². The molecule has 0 amide bonds. The highest BCUT2D eigenvalue weighted by Gasteiger charge is 2.42. The van der Waals surface area contributed by atoms with Crippen LogP contribution < -0.4 is 4.90 Å². The quantitative estimate of drug-likeness (QED) is 0.172. The maximum Gasteiger partial charge on any atom is 0.159 e. The average molecular weight is 859 g/mol. The number of hydrogen-bond acceptors (Lipinski definition) is 2. The van der Waals surface area contributed by atoms with Crippen LogP contribution in [0.1, 0.15) is 49.9 Å². The Morgan fingerprint density at radius 3 is 1.78 bits per heavy atom. The number of anilines is 3. The number of aromatic nitrogens is 1. The predicted octanol–water partition coefficient (Wildman–Crippen LogP) is 17.6. The highest BCUT2D eigenvalue weighted by Crippen LogP contribution is 2.57. The van der Waals surface area contributed by atoms with Crippen LogP contribution in [-0.4, -0.2) is 4.57 Å². The van der Waals surface area contributed by atoms with Crippen molar-refractivity contribution in [3.05, 3.63) is 229 Å². The number of para-hydroxylation sites is 4. The van der Waals surface area contributed by atoms with E-state index in [1.807, 2.05) is 6.07 Å². The van der Waals surface area contributed by atoms with Crippen LogP contribution in [-0.2, 0) is 10.8 Å². The third-order valence-corrected chi connectivity index (χ3v) is 15.4. The van der Waals surface area contributed by atoms with Crippen molar-refractivity contribution in [2.45, 2.75) is 38.5 Å². The molecule has 10 aromatic carbocycles. The zero-order chi connectivity index (χ0) is 44.8. The second-order valence-electron chi connectivity index (χ2n) is 19.7. The molecule has 0 saturated carbocycles. The third-order valence-electron chi connectivity index (χ3n) is 15.4. The summed E-state index contributed by atoms with van der Waals surface area (Å²) in [5.74, 6) is 0. The first-order valence-electron chi connectivity index (χ1n) is 23.5. The molecule has 0 bridgehead atoms. The van der Waals surface area contributed by atoms with Crippen molar-refractivity contribution < 1.29 is 4.42 Å². The van der Waals surface area contributed by atoms with Crippen LogP contribution in [0.2, 0.25) is 0 Å². The molecule has 0 aliphatic heterocycles. The molecule has 2 aromatic heterocycles. The molecule has 0 N–H and O–H groups in total. The molecular weight excluding hydrogens is 813 g/mol. The van der Waals surface area contributed by atoms with Crippen LogP contribution in [0.5, 0.6) is 0 Å². The molecule has 2 aliphatic carbocycles. The van der Waals surface area contributed by atoms with Gasteiger partial charge in [0.25, 0.3) is 0 Å². The Labute approximate surface area is 389 Å². The van der Waals surface area contributed by atoms with E-state index in [9.17, 15) is 0 Å². The zero-order valence-corrected chi connectivity index (χ0v) is 37.9. The van der Waals surface area contributed by atoms with Gasteiger partial charge in [-0.1, -0.05) is 155 Å². The lowest BCUT2D eigenvalue weighted by Crippen LogP contribution is -2.17. The maximum atomic E-state index is 6.57. The summed E-state index contributed by atoms with van der Waals surface area (Å²) in [4.78, 5) is 2.43. The molecule has 0 unspecified atom stereocenters. The fourth-order valence-corrected chi connectivity index (χ4v) is 12.0. The number of furan rings is 1. The second kappa shape index (κ2) is 13.7. The summed E-state index contributed by atoms with van der Waals surface area (Å²) in [6.07, 6.45) is 0. The van der Waals surface area contributed by atoms with Gasteiger partial charge < -0.3 is 13.9 Å². The average Bonchev–Trinajstić information content (AvgIpc) is 4.04. The van der Waals surface area contributed by atoms with E-state index < -0.39 is 0 Å². The first kappa shape index (κ1) is 38.2. The van der Waals surface area contributed by atoms with Gasteiger partial charge in [0.1, 0.15) is 5.58 Å². The van der Waals surface area contributed by atoms with E-state index in [-0.39, 0.29) is 10.8 Å². The lowest BCUT2D eigenvalue weighted by Gasteiger charge is -2.29. The van der Waals surface area contributed by atoms with Crippen LogP contribution in [0.15, 0.2) is 211 Å². The lowest BCUT2D eigenvalue weighted by molar-refractivity contribution is 0.652. The minimum atomic E-state index is -0.200. The van der Waals surface area contributed by atoms with E-state index in [0.717, 1.165) is 38.8 Å². The summed E-state index contributed by atoms with van der Waals surface area (Å²) in [5, 5.41) is 7.20. The molecule has 0 fully saturated rings. The molecule has 0 radical (unpaired) electrons. The van der Waals surface area contributed by atoms with Crippen LogP contribution in [0, 0.1) is 0 Å². The number of benzene rings is 10. The fraction of sp³-hybridized carbons (Fsp3) is 0.0938. The minimum absolute atomic E-state index is 0.188. The Hall–Kier alpha value is -8.14. The highest BCUT2D eigenvalue weighted by molar-refractivity contribution is 6.13. The summed E-state index contributed by atoms with van der Waals surface area (Å²) < 4.78 is 8.95. The van der Waals surface area contributed by atoms with E-state index in [4.69, 9.17) is 4.42 Å². The van der Waals surface area contributed by atoms with Gasteiger partial charge in [-0.15, -0.1) is 0 Å². The number of rotatable bonds is 5. The van der Waals surface area contributed by atoms with Gasteiger partial charge in [-0.05, 0) is 140 Å². The molecule has 12 aromatic rings. The second-order valence-corrected chi connectivity index (χ2v) is 19.7. The molecule has 2 aliphatic rings. The van der Waals surface area contributed by atoms with Crippen LogP contribution in [0.4, 0.5) is 17.1 Å². The molecule has 3 heteroatoms. The molecular formula is C64H46N2O. The standard InChI is InChI=1S/C64H46N2O/c1-63(2)53-35-41(40-29-33-59-52(34-40)47-21-10-12-24-58(47)66(59)60-26-15-23-49-48-22-11-13-27-61(48)67-62(49)60)28-31-45(53)50-37-56-51(38-55(50)63)46-32-30-43(36-54(46)64(56,3)4)65(42-18-6-5-7-19-42)57-25-14-17-39-16-8-9-20-44(39)57/h5-38H,1-4H3. The van der Waals surface area contributed by atoms with Gasteiger partial charge >= 0.3 is 0 Å². The van der Waals surface area contributed by atoms with E-state index >= 15 is 0 Å². The topological polar surface area (TPSA) is 21.3 Å². The van der Waals surface area contributed by atoms with Gasteiger partial charge in [0.15, 0.2) is 5.58 Å². The van der Waals surface area contributed by atoms with Gasteiger partial charge in [0.05, 0.1) is 22.4 Å². The minimum Gasteiger partial charge on any atom is -0.454 e. The van der Waals surface area contributed by atoms with E-state index in [0.29, 0.717) is 0 Å². The molecule has 0 atom stereocenters. The van der Waals surface area contributed by atoms with Crippen molar-refractivity contribution >= 4 is 71.6 Å². The molecule has 3 nitrogen and oxygen atoms in total. The fourth-order valence-electron chi connectivity index (χ4n) is 12.0. The summed E-state index contributed by atoms with van der Waals surface area (Å²) in [7, 11) is 0. The Bertz CT molecular complexity index is 4050. The van der Waals surface area contributed by atoms with Crippen molar-refractivity contribution in [1.29, 1.82) is 0 Å². The monoisotopic (exact) mass is 858 g/mol. The molecule has 318 valence electrons. The maximum absolute atomic E-state index is 6.57. The van der Waals surface area contributed by atoms with Crippen molar-refractivity contribution in [1.82, 2.24) is 4.57 Å². The Kier molecular flexibility index (Phi) is 7.80. The first-order valence-corrected chi connectivity index (χ1v) is 23.5. The van der Waals surface area contributed by atoms with E-state index in [1.54, 1.807) is 0 Å². The molecule has 0 saturated heterocycles. The Morgan fingerprint density at radius 1 is 0.388 bits per heavy atom. The number of nitrogens with zero attached hydrogens (tertiary/aromatic N) is 2. The van der Waals surface area contributed by atoms with Gasteiger partial charge in [-0.2, -0.15) is 0 Å². The number of hydrogen-bond donors (Lipinski definition) is 0. The van der Waals surface area contributed by atoms with Gasteiger partial charge in [0, 0.05) is 49.1 Å². The Morgan fingerprint density at radius 2 is 0.970 bits per heavy atom. The summed E-state index contributed by atoms with van der Waals surface area (Å²) in [5.41, 5.74) is 21.6. The van der Waals surface area contributed by atoms with E-state index in [2.05, 4.69) is 237 Å². The van der Waals surface area contributed by atoms with Crippen molar-refractivity contribution in [3.8, 4) is 39.1 Å². The molecule has 2 heterocycles. The predicted molar refractivity (Wildman–Crippen MR) is 281 cm³/mol.